The average molecular weight is 334 g/mol. The summed E-state index contributed by atoms with van der Waals surface area (Å²) in [5, 5.41) is 3.69. The number of rotatable bonds is 4. The first-order valence-corrected chi connectivity index (χ1v) is 9.38. The molecule has 2 aromatic carbocycles. The number of fused-ring (bicyclic) bond motifs is 1. The Balaban J connectivity index is 1.70. The second kappa shape index (κ2) is 7.01. The zero-order chi connectivity index (χ0) is 17.1. The smallest absolute Gasteiger partial charge is 0.225 e. The Morgan fingerprint density at radius 3 is 2.16 bits per heavy atom. The van der Waals surface area contributed by atoms with E-state index >= 15 is 0 Å². The van der Waals surface area contributed by atoms with Crippen LogP contribution in [0.15, 0.2) is 60.7 Å². The fraction of sp³-hybridized carbons (Fsp3) is 0.409. The number of amides is 1. The summed E-state index contributed by atoms with van der Waals surface area (Å²) in [6.45, 7) is 1.69. The lowest BCUT2D eigenvalue weighted by Crippen LogP contribution is -2.65. The van der Waals surface area contributed by atoms with E-state index in [1.165, 1.54) is 11.1 Å². The molecule has 25 heavy (non-hydrogen) atoms. The minimum absolute atomic E-state index is 0.0526. The molecule has 0 aromatic heterocycles. The third kappa shape index (κ3) is 3.34. The monoisotopic (exact) mass is 334 g/mol. The van der Waals surface area contributed by atoms with Crippen molar-refractivity contribution in [3.8, 4) is 0 Å². The van der Waals surface area contributed by atoms with Crippen LogP contribution < -0.4 is 5.32 Å². The van der Waals surface area contributed by atoms with Crippen molar-refractivity contribution in [3.63, 3.8) is 0 Å². The van der Waals surface area contributed by atoms with E-state index in [-0.39, 0.29) is 11.6 Å². The molecule has 0 spiro atoms. The number of benzene rings is 2. The van der Waals surface area contributed by atoms with Crippen LogP contribution in [-0.2, 0) is 17.6 Å². The largest absolute Gasteiger partial charge is 0.327 e. The molecule has 1 N–H and O–H groups in total. The van der Waals surface area contributed by atoms with Crippen LogP contribution >= 0.6 is 0 Å². The Labute approximate surface area is 150 Å². The minimum Gasteiger partial charge on any atom is -0.327 e. The van der Waals surface area contributed by atoms with Gasteiger partial charge >= 0.3 is 0 Å². The summed E-state index contributed by atoms with van der Waals surface area (Å²) in [6, 6.07) is 21.5. The predicted molar refractivity (Wildman–Crippen MR) is 100 cm³/mol. The summed E-state index contributed by atoms with van der Waals surface area (Å²) >= 11 is 0. The first-order chi connectivity index (χ1) is 12.3. The quantitative estimate of drug-likeness (QED) is 0.929. The van der Waals surface area contributed by atoms with E-state index in [1.54, 1.807) is 0 Å². The van der Waals surface area contributed by atoms with E-state index in [4.69, 9.17) is 0 Å². The van der Waals surface area contributed by atoms with Crippen LogP contribution in [0.2, 0.25) is 0 Å². The highest BCUT2D eigenvalue weighted by molar-refractivity contribution is 5.77. The summed E-state index contributed by atoms with van der Waals surface area (Å²) in [5.74, 6) is 0.314. The van der Waals surface area contributed by atoms with E-state index < -0.39 is 0 Å². The molecule has 2 heterocycles. The zero-order valence-corrected chi connectivity index (χ0v) is 14.7. The van der Waals surface area contributed by atoms with Gasteiger partial charge in [-0.3, -0.25) is 10.1 Å². The van der Waals surface area contributed by atoms with Gasteiger partial charge in [-0.2, -0.15) is 0 Å². The first kappa shape index (κ1) is 16.3. The van der Waals surface area contributed by atoms with Gasteiger partial charge in [0.25, 0.3) is 0 Å². The van der Waals surface area contributed by atoms with Crippen LogP contribution in [0.5, 0.6) is 0 Å². The van der Waals surface area contributed by atoms with Crippen molar-refractivity contribution in [2.75, 3.05) is 13.1 Å². The molecule has 130 valence electrons. The molecule has 2 aromatic rings. The number of nitrogens with one attached hydrogen (secondary N) is 1. The Hall–Kier alpha value is -2.13. The predicted octanol–water partition coefficient (Wildman–Crippen LogP) is 3.40. The molecule has 1 unspecified atom stereocenters. The maximum absolute atomic E-state index is 12.5. The van der Waals surface area contributed by atoms with Crippen LogP contribution in [0.25, 0.3) is 0 Å². The van der Waals surface area contributed by atoms with E-state index in [0.29, 0.717) is 12.3 Å². The molecule has 2 saturated heterocycles. The summed E-state index contributed by atoms with van der Waals surface area (Å²) in [6.07, 6.45) is 5.02. The third-order valence-electron chi connectivity index (χ3n) is 5.76. The molecule has 0 aliphatic carbocycles. The Kier molecular flexibility index (Phi) is 4.58. The molecule has 4 rings (SSSR count). The first-order valence-electron chi connectivity index (χ1n) is 9.38. The summed E-state index contributed by atoms with van der Waals surface area (Å²) in [4.78, 5) is 14.6. The molecular formula is C22H26N2O. The standard InChI is InChI=1S/C22H26N2O/c25-20-12-14-23-21-22(13-7-15-24(20)21,16-18-8-3-1-4-9-18)17-19-10-5-2-6-11-19/h1-6,8-11,21,23H,7,12-17H2. The fourth-order valence-corrected chi connectivity index (χ4v) is 4.69. The van der Waals surface area contributed by atoms with E-state index in [0.717, 1.165) is 38.8 Å². The molecule has 3 nitrogen and oxygen atoms in total. The zero-order valence-electron chi connectivity index (χ0n) is 14.7. The van der Waals surface area contributed by atoms with Crippen molar-refractivity contribution in [1.29, 1.82) is 0 Å². The SMILES string of the molecule is O=C1CCNC2N1CCCC2(Cc1ccccc1)Cc1ccccc1. The number of nitrogens with zero attached hydrogens (tertiary/aromatic N) is 1. The number of piperidine rings is 1. The van der Waals surface area contributed by atoms with Gasteiger partial charge in [-0.15, -0.1) is 0 Å². The lowest BCUT2D eigenvalue weighted by Gasteiger charge is -2.53. The Bertz CT molecular complexity index is 672. The molecule has 0 radical (unpaired) electrons. The van der Waals surface area contributed by atoms with Crippen molar-refractivity contribution in [2.24, 2.45) is 5.41 Å². The maximum atomic E-state index is 12.5. The van der Waals surface area contributed by atoms with Gasteiger partial charge in [-0.1, -0.05) is 60.7 Å². The third-order valence-corrected chi connectivity index (χ3v) is 5.76. The molecule has 2 fully saturated rings. The second-order valence-corrected chi connectivity index (χ2v) is 7.48. The molecule has 0 bridgehead atoms. The van der Waals surface area contributed by atoms with Gasteiger partial charge in [0, 0.05) is 24.9 Å². The molecule has 3 heteroatoms. The van der Waals surface area contributed by atoms with Crippen molar-refractivity contribution >= 4 is 5.91 Å². The maximum Gasteiger partial charge on any atom is 0.225 e. The van der Waals surface area contributed by atoms with Gasteiger partial charge in [0.05, 0.1) is 6.17 Å². The number of hydrogen-bond acceptors (Lipinski definition) is 2. The summed E-state index contributed by atoms with van der Waals surface area (Å²) in [7, 11) is 0. The highest BCUT2D eigenvalue weighted by Crippen LogP contribution is 2.42. The second-order valence-electron chi connectivity index (χ2n) is 7.48. The lowest BCUT2D eigenvalue weighted by atomic mass is 9.68. The highest BCUT2D eigenvalue weighted by Gasteiger charge is 2.47. The Morgan fingerprint density at radius 1 is 0.960 bits per heavy atom. The van der Waals surface area contributed by atoms with E-state index in [1.807, 2.05) is 0 Å². The molecular weight excluding hydrogens is 308 g/mol. The molecule has 1 atom stereocenters. The van der Waals surface area contributed by atoms with Gasteiger partial charge in [0.1, 0.15) is 0 Å². The van der Waals surface area contributed by atoms with E-state index in [9.17, 15) is 4.79 Å². The Morgan fingerprint density at radius 2 is 1.56 bits per heavy atom. The summed E-state index contributed by atoms with van der Waals surface area (Å²) < 4.78 is 0. The van der Waals surface area contributed by atoms with Gasteiger partial charge < -0.3 is 4.90 Å². The normalized spacial score (nSPS) is 22.5. The van der Waals surface area contributed by atoms with Gasteiger partial charge in [0.2, 0.25) is 5.91 Å². The lowest BCUT2D eigenvalue weighted by molar-refractivity contribution is -0.145. The van der Waals surface area contributed by atoms with Crippen molar-refractivity contribution in [1.82, 2.24) is 10.2 Å². The van der Waals surface area contributed by atoms with Gasteiger partial charge in [-0.25, -0.2) is 0 Å². The van der Waals surface area contributed by atoms with Crippen LogP contribution in [0.3, 0.4) is 0 Å². The topological polar surface area (TPSA) is 32.3 Å². The number of hydrogen-bond donors (Lipinski definition) is 1. The number of carbonyl (C=O) groups is 1. The van der Waals surface area contributed by atoms with Crippen molar-refractivity contribution in [2.45, 2.75) is 38.3 Å². The minimum atomic E-state index is 0.0526. The fourth-order valence-electron chi connectivity index (χ4n) is 4.69. The average Bonchev–Trinajstić information content (AvgIpc) is 2.64. The van der Waals surface area contributed by atoms with Crippen LogP contribution in [-0.4, -0.2) is 30.1 Å². The van der Waals surface area contributed by atoms with E-state index in [2.05, 4.69) is 70.9 Å². The van der Waals surface area contributed by atoms with Crippen LogP contribution in [0, 0.1) is 5.41 Å². The molecule has 2 aliphatic heterocycles. The molecule has 1 amide bonds. The van der Waals surface area contributed by atoms with Crippen molar-refractivity contribution in [3.05, 3.63) is 71.8 Å². The highest BCUT2D eigenvalue weighted by atomic mass is 16.2. The molecule has 2 aliphatic rings. The van der Waals surface area contributed by atoms with Crippen molar-refractivity contribution < 1.29 is 4.79 Å². The molecule has 0 saturated carbocycles. The van der Waals surface area contributed by atoms with Gasteiger partial charge in [-0.05, 0) is 36.8 Å². The van der Waals surface area contributed by atoms with Crippen LogP contribution in [0.1, 0.15) is 30.4 Å². The number of carbonyl (C=O) groups excluding carboxylic acids is 1. The summed E-state index contributed by atoms with van der Waals surface area (Å²) in [5.41, 5.74) is 2.78. The van der Waals surface area contributed by atoms with Gasteiger partial charge in [0.15, 0.2) is 0 Å². The van der Waals surface area contributed by atoms with Crippen LogP contribution in [0.4, 0.5) is 0 Å².